The number of piperazine rings is 1. The maximum absolute atomic E-state index is 14.2. The van der Waals surface area contributed by atoms with E-state index in [1.54, 1.807) is 34.9 Å². The van der Waals surface area contributed by atoms with Crippen LogP contribution in [0, 0.1) is 0 Å². The molecule has 226 valence electrons. The lowest BCUT2D eigenvalue weighted by atomic mass is 10.0. The van der Waals surface area contributed by atoms with Crippen LogP contribution in [0.15, 0.2) is 35.8 Å². The lowest BCUT2D eigenvalue weighted by molar-refractivity contribution is -0.127. The number of carbonyl (C=O) groups excluding carboxylic acids is 1. The first-order valence-electron chi connectivity index (χ1n) is 13.6. The molecule has 2 aromatic heterocycles. The molecule has 1 saturated heterocycles. The summed E-state index contributed by atoms with van der Waals surface area (Å²) >= 11 is 13.4. The number of carbonyl (C=O) groups is 1. The minimum Gasteiger partial charge on any atom is -0.495 e. The highest BCUT2D eigenvalue weighted by molar-refractivity contribution is 6.41. The maximum atomic E-state index is 14.2. The van der Waals surface area contributed by atoms with Crippen LogP contribution in [-0.2, 0) is 16.1 Å². The number of ether oxygens (including phenoxy) is 3. The highest BCUT2D eigenvalue weighted by Gasteiger charge is 2.24. The number of fused-ring (bicyclic) bond motifs is 1. The summed E-state index contributed by atoms with van der Waals surface area (Å²) in [5.41, 5.74) is 0.768. The number of halogens is 2. The zero-order valence-corrected chi connectivity index (χ0v) is 25.8. The van der Waals surface area contributed by atoms with Crippen molar-refractivity contribution in [2.24, 2.45) is 0 Å². The number of rotatable bonds is 12. The van der Waals surface area contributed by atoms with Crippen LogP contribution in [-0.4, -0.2) is 96.9 Å². The summed E-state index contributed by atoms with van der Waals surface area (Å²) in [6, 6.07) is 3.23. The minimum atomic E-state index is -0.308. The molecule has 13 heteroatoms. The van der Waals surface area contributed by atoms with Crippen molar-refractivity contribution in [3.8, 4) is 22.6 Å². The van der Waals surface area contributed by atoms with E-state index < -0.39 is 0 Å². The summed E-state index contributed by atoms with van der Waals surface area (Å²) < 4.78 is 17.7. The van der Waals surface area contributed by atoms with Gasteiger partial charge in [0.15, 0.2) is 0 Å². The van der Waals surface area contributed by atoms with E-state index in [-0.39, 0.29) is 33.1 Å². The Morgan fingerprint density at radius 2 is 1.76 bits per heavy atom. The molecule has 1 N–H and O–H groups in total. The topological polar surface area (TPSA) is 111 Å². The molecule has 0 radical (unpaired) electrons. The van der Waals surface area contributed by atoms with Crippen molar-refractivity contribution in [3.05, 3.63) is 51.4 Å². The number of pyridine rings is 1. The van der Waals surface area contributed by atoms with Crippen molar-refractivity contribution in [3.63, 3.8) is 0 Å². The Labute approximate surface area is 255 Å². The number of aromatic nitrogens is 3. The smallest absolute Gasteiger partial charge is 0.260 e. The van der Waals surface area contributed by atoms with Gasteiger partial charge in [0.05, 0.1) is 36.4 Å². The Kier molecular flexibility index (Phi) is 10.7. The van der Waals surface area contributed by atoms with Gasteiger partial charge < -0.3 is 24.4 Å². The summed E-state index contributed by atoms with van der Waals surface area (Å²) in [7, 11) is 4.59. The number of methoxy groups -OCH3 is 3. The van der Waals surface area contributed by atoms with E-state index >= 15 is 0 Å². The number of anilines is 1. The third-order valence-electron chi connectivity index (χ3n) is 7.18. The summed E-state index contributed by atoms with van der Waals surface area (Å²) in [6.45, 7) is 9.89. The van der Waals surface area contributed by atoms with Crippen molar-refractivity contribution in [1.29, 1.82) is 0 Å². The summed E-state index contributed by atoms with van der Waals surface area (Å²) in [5, 5.41) is 4.26. The van der Waals surface area contributed by atoms with Crippen molar-refractivity contribution in [2.45, 2.75) is 25.9 Å². The van der Waals surface area contributed by atoms with Crippen LogP contribution >= 0.6 is 23.2 Å². The molecule has 3 aromatic rings. The highest BCUT2D eigenvalue weighted by Crippen LogP contribution is 2.45. The van der Waals surface area contributed by atoms with Crippen molar-refractivity contribution >= 4 is 46.1 Å². The summed E-state index contributed by atoms with van der Waals surface area (Å²) in [6.07, 6.45) is 3.68. The molecule has 1 aliphatic rings. The normalized spacial score (nSPS) is 14.6. The number of aryl methyl sites for hydroxylation is 1. The third-order valence-corrected chi connectivity index (χ3v) is 7.93. The number of hydrogen-bond donors (Lipinski definition) is 1. The molecule has 0 saturated carbocycles. The van der Waals surface area contributed by atoms with Gasteiger partial charge in [-0.15, -0.1) is 0 Å². The average molecular weight is 620 g/mol. The minimum absolute atomic E-state index is 0.0413. The molecule has 11 nitrogen and oxygen atoms in total. The predicted octanol–water partition coefficient (Wildman–Crippen LogP) is 3.95. The van der Waals surface area contributed by atoms with Gasteiger partial charge in [-0.1, -0.05) is 29.8 Å². The van der Waals surface area contributed by atoms with E-state index in [0.29, 0.717) is 66.7 Å². The monoisotopic (exact) mass is 618 g/mol. The predicted molar refractivity (Wildman–Crippen MR) is 165 cm³/mol. The van der Waals surface area contributed by atoms with Crippen LogP contribution in [0.2, 0.25) is 10.0 Å². The van der Waals surface area contributed by atoms with Crippen LogP contribution in [0.5, 0.6) is 11.5 Å². The molecule has 42 heavy (non-hydrogen) atoms. The van der Waals surface area contributed by atoms with Crippen LogP contribution < -0.4 is 20.3 Å². The van der Waals surface area contributed by atoms with Gasteiger partial charge in [0.2, 0.25) is 11.9 Å². The fourth-order valence-corrected chi connectivity index (χ4v) is 5.73. The zero-order valence-electron chi connectivity index (χ0n) is 24.3. The van der Waals surface area contributed by atoms with Crippen molar-refractivity contribution in [2.75, 3.05) is 66.0 Å². The number of nitrogens with one attached hydrogen (secondary N) is 1. The van der Waals surface area contributed by atoms with E-state index in [1.807, 2.05) is 6.92 Å². The SMILES string of the molecule is C=CC(=O)N1CCN(CCCn2c(=O)c(-c3c(Cl)c(OC)cc(OC)c3Cl)cc3cnc(N[C@@H](C)COC)nc32)CC1. The molecule has 1 amide bonds. The van der Waals surface area contributed by atoms with E-state index in [2.05, 4.69) is 21.8 Å². The molecule has 3 heterocycles. The number of hydrogen-bond acceptors (Lipinski definition) is 9. The molecular formula is C29H36Cl2N6O5. The van der Waals surface area contributed by atoms with Gasteiger partial charge >= 0.3 is 0 Å². The molecule has 0 spiro atoms. The molecule has 0 unspecified atom stereocenters. The standard InChI is InChI=1S/C29H36Cl2N6O5/c1-6-23(38)36-12-10-35(11-13-36)8-7-9-37-27-19(16-32-29(34-27)33-18(2)17-40-3)14-20(28(37)39)24-25(30)21(41-4)15-22(42-5)26(24)31/h6,14-16,18H,1,7-13,17H2,2-5H3,(H,32,33,34)/t18-/m0/s1. The van der Waals surface area contributed by atoms with Crippen molar-refractivity contribution in [1.82, 2.24) is 24.3 Å². The zero-order chi connectivity index (χ0) is 30.4. The molecular weight excluding hydrogens is 583 g/mol. The third kappa shape index (κ3) is 6.81. The van der Waals surface area contributed by atoms with Gasteiger partial charge in [-0.2, -0.15) is 4.98 Å². The molecule has 1 aliphatic heterocycles. The van der Waals surface area contributed by atoms with E-state index in [4.69, 9.17) is 42.4 Å². The fourth-order valence-electron chi connectivity index (χ4n) is 5.02. The first kappa shape index (κ1) is 31.6. The van der Waals surface area contributed by atoms with Gasteiger partial charge in [0.25, 0.3) is 5.56 Å². The van der Waals surface area contributed by atoms with Crippen LogP contribution in [0.1, 0.15) is 13.3 Å². The van der Waals surface area contributed by atoms with Crippen molar-refractivity contribution < 1.29 is 19.0 Å². The Bertz CT molecular complexity index is 1480. The first-order chi connectivity index (χ1) is 20.2. The average Bonchev–Trinajstić information content (AvgIpc) is 2.99. The second-order valence-electron chi connectivity index (χ2n) is 10.00. The second kappa shape index (κ2) is 14.2. The largest absolute Gasteiger partial charge is 0.495 e. The molecule has 1 fully saturated rings. The number of nitrogens with zero attached hydrogens (tertiary/aromatic N) is 5. The number of amides is 1. The first-order valence-corrected chi connectivity index (χ1v) is 14.4. The van der Waals surface area contributed by atoms with Crippen LogP contribution in [0.25, 0.3) is 22.2 Å². The summed E-state index contributed by atoms with van der Waals surface area (Å²) in [5.74, 6) is 0.988. The Morgan fingerprint density at radius 3 is 2.36 bits per heavy atom. The quantitative estimate of drug-likeness (QED) is 0.302. The van der Waals surface area contributed by atoms with Gasteiger partial charge in [-0.05, 0) is 32.0 Å². The molecule has 0 bridgehead atoms. The Morgan fingerprint density at radius 1 is 1.10 bits per heavy atom. The lowest BCUT2D eigenvalue weighted by Gasteiger charge is -2.34. The lowest BCUT2D eigenvalue weighted by Crippen LogP contribution is -2.48. The summed E-state index contributed by atoms with van der Waals surface area (Å²) in [4.78, 5) is 39.3. The van der Waals surface area contributed by atoms with Gasteiger partial charge in [-0.3, -0.25) is 19.1 Å². The highest BCUT2D eigenvalue weighted by atomic mass is 35.5. The number of benzene rings is 1. The second-order valence-corrected chi connectivity index (χ2v) is 10.8. The molecule has 0 aliphatic carbocycles. The van der Waals surface area contributed by atoms with E-state index in [9.17, 15) is 9.59 Å². The molecule has 4 rings (SSSR count). The molecule has 1 atom stereocenters. The van der Waals surface area contributed by atoms with Crippen LogP contribution in [0.4, 0.5) is 5.95 Å². The Balaban J connectivity index is 1.73. The molecule has 1 aromatic carbocycles. The van der Waals surface area contributed by atoms with E-state index in [1.165, 1.54) is 20.3 Å². The van der Waals surface area contributed by atoms with E-state index in [0.717, 1.165) is 19.6 Å². The Hall–Kier alpha value is -3.38. The maximum Gasteiger partial charge on any atom is 0.260 e. The van der Waals surface area contributed by atoms with Crippen LogP contribution in [0.3, 0.4) is 0 Å². The fraction of sp³-hybridized carbons (Fsp3) is 0.448. The van der Waals surface area contributed by atoms with Gasteiger partial charge in [-0.25, -0.2) is 4.98 Å². The van der Waals surface area contributed by atoms with Gasteiger partial charge in [0.1, 0.15) is 17.1 Å². The van der Waals surface area contributed by atoms with Gasteiger partial charge in [0, 0.05) is 69.1 Å².